The first kappa shape index (κ1) is 14.6. The van der Waals surface area contributed by atoms with Gasteiger partial charge in [-0.3, -0.25) is 4.79 Å². The van der Waals surface area contributed by atoms with Crippen LogP contribution in [0.5, 0.6) is 0 Å². The number of rotatable bonds is 5. The van der Waals surface area contributed by atoms with Crippen molar-refractivity contribution in [2.24, 2.45) is 0 Å². The lowest BCUT2D eigenvalue weighted by atomic mass is 10.1. The highest BCUT2D eigenvalue weighted by Crippen LogP contribution is 2.22. The van der Waals surface area contributed by atoms with E-state index in [4.69, 9.17) is 4.74 Å². The molecule has 0 saturated carbocycles. The molecule has 1 amide bonds. The molecule has 4 heteroatoms. The summed E-state index contributed by atoms with van der Waals surface area (Å²) < 4.78 is 5.40. The zero-order valence-electron chi connectivity index (χ0n) is 12.5. The topological polar surface area (TPSA) is 54.1 Å². The quantitative estimate of drug-likeness (QED) is 0.824. The van der Waals surface area contributed by atoms with Crippen LogP contribution >= 0.6 is 0 Å². The summed E-state index contributed by atoms with van der Waals surface area (Å²) >= 11 is 0. The fourth-order valence-electron chi connectivity index (χ4n) is 2.16. The monoisotopic (exact) mass is 274 g/mol. The lowest BCUT2D eigenvalue weighted by molar-refractivity contribution is 0.0746. The highest BCUT2D eigenvalue weighted by molar-refractivity contribution is 5.99. The Morgan fingerprint density at radius 3 is 2.80 bits per heavy atom. The van der Waals surface area contributed by atoms with E-state index in [1.807, 2.05) is 39.0 Å². The van der Waals surface area contributed by atoms with E-state index in [1.165, 1.54) is 5.56 Å². The Balaban J connectivity index is 2.05. The van der Waals surface area contributed by atoms with Crippen LogP contribution in [0.2, 0.25) is 0 Å². The first-order chi connectivity index (χ1) is 9.49. The van der Waals surface area contributed by atoms with Gasteiger partial charge in [0.1, 0.15) is 0 Å². The number of nitrogens with one attached hydrogen (secondary N) is 2. The second kappa shape index (κ2) is 6.09. The van der Waals surface area contributed by atoms with E-state index < -0.39 is 0 Å². The van der Waals surface area contributed by atoms with Crippen LogP contribution in [0.3, 0.4) is 0 Å². The zero-order chi connectivity index (χ0) is 14.7. The summed E-state index contributed by atoms with van der Waals surface area (Å²) in [7, 11) is 0. The molecule has 0 saturated heterocycles. The highest BCUT2D eigenvalue weighted by Gasteiger charge is 2.09. The van der Waals surface area contributed by atoms with E-state index in [9.17, 15) is 4.79 Å². The van der Waals surface area contributed by atoms with Crippen molar-refractivity contribution in [3.8, 4) is 0 Å². The van der Waals surface area contributed by atoms with Crippen LogP contribution in [-0.2, 0) is 4.74 Å². The number of carbonyl (C=O) groups excluding carboxylic acids is 1. The number of fused-ring (bicyclic) bond motifs is 1. The molecule has 4 nitrogen and oxygen atoms in total. The third-order valence-corrected chi connectivity index (χ3v) is 3.41. The Morgan fingerprint density at radius 2 is 2.10 bits per heavy atom. The van der Waals surface area contributed by atoms with Crippen molar-refractivity contribution in [3.05, 3.63) is 35.0 Å². The van der Waals surface area contributed by atoms with Crippen LogP contribution in [0.1, 0.15) is 35.5 Å². The lowest BCUT2D eigenvalue weighted by Crippen LogP contribution is -2.28. The third kappa shape index (κ3) is 3.20. The van der Waals surface area contributed by atoms with Crippen LogP contribution in [0.4, 0.5) is 0 Å². The number of ether oxygens (including phenoxy) is 1. The Kier molecular flexibility index (Phi) is 4.45. The Bertz CT molecular complexity index is 614. The molecule has 2 N–H and O–H groups in total. The summed E-state index contributed by atoms with van der Waals surface area (Å²) in [6.45, 7) is 9.12. The molecular weight excluding hydrogens is 252 g/mol. The standard InChI is InChI=1S/C16H22N2O2/c1-10(2)20-8-7-17-16(19)13-5-6-15-14(9-13)11(3)12(4)18-15/h5-6,9-10,18H,7-8H2,1-4H3,(H,17,19). The van der Waals surface area contributed by atoms with Gasteiger partial charge in [0, 0.05) is 28.7 Å². The number of aromatic amines is 1. The number of carbonyl (C=O) groups is 1. The SMILES string of the molecule is Cc1[nH]c2ccc(C(=O)NCCOC(C)C)cc2c1C. The van der Waals surface area contributed by atoms with Crippen molar-refractivity contribution >= 4 is 16.8 Å². The maximum Gasteiger partial charge on any atom is 0.251 e. The van der Waals surface area contributed by atoms with Gasteiger partial charge < -0.3 is 15.0 Å². The maximum atomic E-state index is 12.1. The lowest BCUT2D eigenvalue weighted by Gasteiger charge is -2.08. The van der Waals surface area contributed by atoms with Crippen molar-refractivity contribution in [1.29, 1.82) is 0 Å². The van der Waals surface area contributed by atoms with Crippen LogP contribution < -0.4 is 5.32 Å². The first-order valence-corrected chi connectivity index (χ1v) is 6.97. The molecule has 0 aliphatic heterocycles. The molecule has 2 aromatic rings. The van der Waals surface area contributed by atoms with Crippen LogP contribution in [0, 0.1) is 13.8 Å². The smallest absolute Gasteiger partial charge is 0.251 e. The number of H-pyrrole nitrogens is 1. The van der Waals surface area contributed by atoms with E-state index >= 15 is 0 Å². The molecule has 0 atom stereocenters. The Morgan fingerprint density at radius 1 is 1.35 bits per heavy atom. The molecule has 20 heavy (non-hydrogen) atoms. The molecule has 0 unspecified atom stereocenters. The molecule has 108 valence electrons. The van der Waals surface area contributed by atoms with E-state index in [0.717, 1.165) is 16.6 Å². The van der Waals surface area contributed by atoms with E-state index in [2.05, 4.69) is 17.2 Å². The number of amides is 1. The number of benzene rings is 1. The fraction of sp³-hybridized carbons (Fsp3) is 0.438. The molecular formula is C16H22N2O2. The Labute approximate surface area is 119 Å². The predicted molar refractivity (Wildman–Crippen MR) is 81.2 cm³/mol. The molecule has 1 aromatic heterocycles. The van der Waals surface area contributed by atoms with E-state index in [-0.39, 0.29) is 12.0 Å². The van der Waals surface area contributed by atoms with Crippen molar-refractivity contribution in [1.82, 2.24) is 10.3 Å². The molecule has 2 rings (SSSR count). The van der Waals surface area contributed by atoms with Gasteiger partial charge >= 0.3 is 0 Å². The normalized spacial score (nSPS) is 11.2. The van der Waals surface area contributed by atoms with Gasteiger partial charge in [-0.25, -0.2) is 0 Å². The molecule has 0 aliphatic rings. The van der Waals surface area contributed by atoms with Crippen LogP contribution in [-0.4, -0.2) is 30.1 Å². The van der Waals surface area contributed by atoms with Gasteiger partial charge in [0.25, 0.3) is 5.91 Å². The van der Waals surface area contributed by atoms with Crippen molar-refractivity contribution < 1.29 is 9.53 Å². The summed E-state index contributed by atoms with van der Waals surface area (Å²) in [6.07, 6.45) is 0.189. The minimum absolute atomic E-state index is 0.0579. The van der Waals surface area contributed by atoms with Crippen molar-refractivity contribution in [3.63, 3.8) is 0 Å². The molecule has 0 bridgehead atoms. The number of aryl methyl sites for hydroxylation is 2. The largest absolute Gasteiger partial charge is 0.377 e. The van der Waals surface area contributed by atoms with Gasteiger partial charge in [-0.1, -0.05) is 0 Å². The molecule has 0 radical (unpaired) electrons. The van der Waals surface area contributed by atoms with Gasteiger partial charge in [0.15, 0.2) is 0 Å². The van der Waals surface area contributed by atoms with Gasteiger partial charge in [-0.05, 0) is 51.5 Å². The average molecular weight is 274 g/mol. The van der Waals surface area contributed by atoms with Crippen molar-refractivity contribution in [2.75, 3.05) is 13.2 Å². The van der Waals surface area contributed by atoms with Crippen LogP contribution in [0.15, 0.2) is 18.2 Å². The maximum absolute atomic E-state index is 12.1. The van der Waals surface area contributed by atoms with Gasteiger partial charge in [-0.2, -0.15) is 0 Å². The molecule has 1 aromatic carbocycles. The van der Waals surface area contributed by atoms with Gasteiger partial charge in [0.05, 0.1) is 12.7 Å². The molecule has 1 heterocycles. The third-order valence-electron chi connectivity index (χ3n) is 3.41. The molecule has 0 fully saturated rings. The first-order valence-electron chi connectivity index (χ1n) is 6.97. The summed E-state index contributed by atoms with van der Waals surface area (Å²) in [5.74, 6) is -0.0579. The minimum Gasteiger partial charge on any atom is -0.377 e. The fourth-order valence-corrected chi connectivity index (χ4v) is 2.16. The van der Waals surface area contributed by atoms with E-state index in [1.54, 1.807) is 0 Å². The predicted octanol–water partition coefficient (Wildman–Crippen LogP) is 2.94. The second-order valence-corrected chi connectivity index (χ2v) is 5.31. The summed E-state index contributed by atoms with van der Waals surface area (Å²) in [5.41, 5.74) is 4.09. The minimum atomic E-state index is -0.0579. The van der Waals surface area contributed by atoms with E-state index in [0.29, 0.717) is 18.7 Å². The molecule has 0 spiro atoms. The zero-order valence-corrected chi connectivity index (χ0v) is 12.5. The Hall–Kier alpha value is -1.81. The highest BCUT2D eigenvalue weighted by atomic mass is 16.5. The summed E-state index contributed by atoms with van der Waals surface area (Å²) in [4.78, 5) is 15.4. The number of hydrogen-bond acceptors (Lipinski definition) is 2. The van der Waals surface area contributed by atoms with Crippen LogP contribution in [0.25, 0.3) is 10.9 Å². The molecule has 0 aliphatic carbocycles. The second-order valence-electron chi connectivity index (χ2n) is 5.31. The van der Waals surface area contributed by atoms with Gasteiger partial charge in [0.2, 0.25) is 0 Å². The summed E-state index contributed by atoms with van der Waals surface area (Å²) in [5, 5.41) is 3.98. The van der Waals surface area contributed by atoms with Gasteiger partial charge in [-0.15, -0.1) is 0 Å². The van der Waals surface area contributed by atoms with Crippen molar-refractivity contribution in [2.45, 2.75) is 33.8 Å². The number of hydrogen-bond donors (Lipinski definition) is 2. The average Bonchev–Trinajstić information content (AvgIpc) is 2.69. The number of aromatic nitrogens is 1. The summed E-state index contributed by atoms with van der Waals surface area (Å²) in [6, 6.07) is 5.73.